The quantitative estimate of drug-likeness (QED) is 0.236. The third-order valence-electron chi connectivity index (χ3n) is 7.37. The van der Waals surface area contributed by atoms with Crippen molar-refractivity contribution in [3.8, 4) is 5.75 Å². The summed E-state index contributed by atoms with van der Waals surface area (Å²) in [6.07, 6.45) is 2.88. The topological polar surface area (TPSA) is 74.8 Å². The number of hydrogen-bond donors (Lipinski definition) is 0. The molecule has 7 nitrogen and oxygen atoms in total. The number of aromatic nitrogens is 2. The second kappa shape index (κ2) is 11.4. The van der Waals surface area contributed by atoms with E-state index in [1.165, 1.54) is 29.5 Å². The van der Waals surface area contributed by atoms with Crippen LogP contribution in [0.3, 0.4) is 0 Å². The van der Waals surface area contributed by atoms with E-state index in [1.54, 1.807) is 11.5 Å². The van der Waals surface area contributed by atoms with Crippen molar-refractivity contribution >= 4 is 50.2 Å². The normalized spacial score (nSPS) is 15.4. The molecule has 0 unspecified atom stereocenters. The van der Waals surface area contributed by atoms with Gasteiger partial charge < -0.3 is 14.0 Å². The highest BCUT2D eigenvalue weighted by Gasteiger charge is 2.35. The zero-order valence-electron chi connectivity index (χ0n) is 24.4. The van der Waals surface area contributed by atoms with Gasteiger partial charge in [-0.2, -0.15) is 0 Å². The highest BCUT2D eigenvalue weighted by Crippen LogP contribution is 2.38. The Labute approximate surface area is 251 Å². The first-order valence-electron chi connectivity index (χ1n) is 13.7. The number of carbonyl (C=O) groups is 1. The van der Waals surface area contributed by atoms with Gasteiger partial charge in [0.05, 0.1) is 34.5 Å². The number of aryl methyl sites for hydroxylation is 2. The molecule has 1 aliphatic rings. The average molecular weight is 637 g/mol. The Morgan fingerprint density at radius 3 is 2.63 bits per heavy atom. The maximum absolute atomic E-state index is 14.3. The van der Waals surface area contributed by atoms with Crippen LogP contribution >= 0.6 is 27.3 Å². The predicted molar refractivity (Wildman–Crippen MR) is 167 cm³/mol. The van der Waals surface area contributed by atoms with Crippen LogP contribution in [0.15, 0.2) is 61.9 Å². The Morgan fingerprint density at radius 1 is 1.20 bits per heavy atom. The Bertz CT molecular complexity index is 1890. The van der Waals surface area contributed by atoms with Crippen LogP contribution in [-0.2, 0) is 16.1 Å². The number of esters is 1. The Balaban J connectivity index is 1.82. The minimum atomic E-state index is -0.767. The van der Waals surface area contributed by atoms with E-state index in [9.17, 15) is 9.59 Å². The first-order chi connectivity index (χ1) is 19.6. The summed E-state index contributed by atoms with van der Waals surface area (Å²) in [7, 11) is 1.34. The van der Waals surface area contributed by atoms with Crippen LogP contribution in [0.2, 0.25) is 0 Å². The van der Waals surface area contributed by atoms with Crippen LogP contribution in [0.25, 0.3) is 17.0 Å². The van der Waals surface area contributed by atoms with Crippen molar-refractivity contribution in [3.05, 3.63) is 94.2 Å². The van der Waals surface area contributed by atoms with Crippen molar-refractivity contribution < 1.29 is 14.3 Å². The van der Waals surface area contributed by atoms with E-state index >= 15 is 0 Å². The maximum Gasteiger partial charge on any atom is 0.338 e. The van der Waals surface area contributed by atoms with Gasteiger partial charge in [0, 0.05) is 33.2 Å². The van der Waals surface area contributed by atoms with E-state index in [4.69, 9.17) is 14.5 Å². The zero-order chi connectivity index (χ0) is 29.6. The van der Waals surface area contributed by atoms with Crippen LogP contribution in [-0.4, -0.2) is 28.3 Å². The van der Waals surface area contributed by atoms with Crippen molar-refractivity contribution in [2.45, 2.75) is 66.7 Å². The summed E-state index contributed by atoms with van der Waals surface area (Å²) in [5.41, 5.74) is 5.82. The van der Waals surface area contributed by atoms with Crippen LogP contribution in [0.4, 0.5) is 0 Å². The summed E-state index contributed by atoms with van der Waals surface area (Å²) >= 11 is 4.90. The van der Waals surface area contributed by atoms with Gasteiger partial charge in [-0.1, -0.05) is 52.4 Å². The van der Waals surface area contributed by atoms with Crippen LogP contribution in [0.5, 0.6) is 5.75 Å². The van der Waals surface area contributed by atoms with E-state index < -0.39 is 12.0 Å². The molecule has 1 aliphatic heterocycles. The fourth-order valence-electron chi connectivity index (χ4n) is 5.64. The lowest BCUT2D eigenvalue weighted by atomic mass is 9.95. The van der Waals surface area contributed by atoms with E-state index in [0.29, 0.717) is 31.9 Å². The minimum absolute atomic E-state index is 0.107. The molecule has 0 saturated heterocycles. The summed E-state index contributed by atoms with van der Waals surface area (Å²) in [4.78, 5) is 32.7. The largest absolute Gasteiger partial charge is 0.491 e. The minimum Gasteiger partial charge on any atom is -0.491 e. The van der Waals surface area contributed by atoms with Gasteiger partial charge in [-0.15, -0.1) is 0 Å². The molecule has 9 heteroatoms. The van der Waals surface area contributed by atoms with E-state index in [0.717, 1.165) is 34.1 Å². The molecule has 0 fully saturated rings. The molecule has 214 valence electrons. The molecule has 4 aromatic rings. The molecule has 1 atom stereocenters. The van der Waals surface area contributed by atoms with E-state index in [-0.39, 0.29) is 11.7 Å². The van der Waals surface area contributed by atoms with Crippen LogP contribution in [0.1, 0.15) is 62.5 Å². The van der Waals surface area contributed by atoms with Gasteiger partial charge in [0.25, 0.3) is 5.56 Å². The van der Waals surface area contributed by atoms with Crippen molar-refractivity contribution in [1.29, 1.82) is 0 Å². The molecule has 2 aromatic carbocycles. The van der Waals surface area contributed by atoms with Gasteiger partial charge >= 0.3 is 5.97 Å². The number of methoxy groups -OCH3 is 1. The van der Waals surface area contributed by atoms with Gasteiger partial charge in [-0.3, -0.25) is 9.36 Å². The summed E-state index contributed by atoms with van der Waals surface area (Å²) in [6.45, 7) is 13.0. The molecule has 0 radical (unpaired) electrons. The van der Waals surface area contributed by atoms with Crippen molar-refractivity contribution in [3.63, 3.8) is 0 Å². The fourth-order valence-corrected chi connectivity index (χ4v) is 7.05. The number of ether oxygens (including phenoxy) is 2. The molecule has 0 saturated carbocycles. The van der Waals surface area contributed by atoms with E-state index in [2.05, 4.69) is 59.5 Å². The number of allylic oxidation sites excluding steroid dienone is 1. The molecule has 41 heavy (non-hydrogen) atoms. The van der Waals surface area contributed by atoms with Crippen molar-refractivity contribution in [2.24, 2.45) is 4.99 Å². The highest BCUT2D eigenvalue weighted by atomic mass is 79.9. The third-order valence-corrected chi connectivity index (χ3v) is 8.85. The zero-order valence-corrected chi connectivity index (χ0v) is 26.8. The molecular formula is C32H34BrN3O4S. The van der Waals surface area contributed by atoms with Gasteiger partial charge in [-0.05, 0) is 70.9 Å². The number of fused-ring (bicyclic) bond motifs is 2. The summed E-state index contributed by atoms with van der Waals surface area (Å²) in [6, 6.07) is 11.2. The van der Waals surface area contributed by atoms with Crippen molar-refractivity contribution in [1.82, 2.24) is 9.13 Å². The van der Waals surface area contributed by atoms with Gasteiger partial charge in [-0.25, -0.2) is 9.79 Å². The lowest BCUT2D eigenvalue weighted by molar-refractivity contribution is -0.136. The first kappa shape index (κ1) is 29.1. The monoisotopic (exact) mass is 635 g/mol. The SMILES string of the molecule is CCCn1c(C)c(/C=c2\sc3n(c2=O)[C@H](c2cc(Br)ccc2OC(C)C)C(C(=O)OC)=C(C)N=3)c2cccc(C)c21. The molecule has 0 bridgehead atoms. The molecular weight excluding hydrogens is 602 g/mol. The second-order valence-electron chi connectivity index (χ2n) is 10.5. The number of halogens is 1. The number of para-hydroxylation sites is 1. The number of rotatable bonds is 7. The standard InChI is InChI=1S/C32H34BrN3O4S/c1-8-14-35-20(6)23(22-11-9-10-18(4)28(22)35)16-26-30(37)36-29(24-15-21(33)12-13-25(24)40-17(2)3)27(31(38)39-7)19(5)34-32(36)41-26/h9-13,15-17,29H,8,14H2,1-7H3/b26-16-/t29-/m1/s1. The molecule has 0 amide bonds. The summed E-state index contributed by atoms with van der Waals surface area (Å²) in [5, 5.41) is 1.12. The second-order valence-corrected chi connectivity index (χ2v) is 12.5. The molecule has 0 N–H and O–H groups in total. The lowest BCUT2D eigenvalue weighted by Crippen LogP contribution is -2.40. The van der Waals surface area contributed by atoms with E-state index in [1.807, 2.05) is 38.1 Å². The molecule has 5 rings (SSSR count). The van der Waals surface area contributed by atoms with Crippen LogP contribution < -0.4 is 19.6 Å². The lowest BCUT2D eigenvalue weighted by Gasteiger charge is -2.26. The summed E-state index contributed by atoms with van der Waals surface area (Å²) in [5.74, 6) is 0.0581. The fraction of sp³-hybridized carbons (Fsp3) is 0.344. The van der Waals surface area contributed by atoms with Gasteiger partial charge in [0.1, 0.15) is 11.8 Å². The molecule has 0 spiro atoms. The maximum atomic E-state index is 14.3. The number of benzene rings is 2. The molecule has 0 aliphatic carbocycles. The Kier molecular flexibility index (Phi) is 8.12. The third kappa shape index (κ3) is 5.10. The van der Waals surface area contributed by atoms with Gasteiger partial charge in [0.2, 0.25) is 0 Å². The average Bonchev–Trinajstić information content (AvgIpc) is 3.37. The number of nitrogens with zero attached hydrogens (tertiary/aromatic N) is 3. The Hall–Kier alpha value is -3.43. The number of hydrogen-bond acceptors (Lipinski definition) is 6. The predicted octanol–water partition coefficient (Wildman–Crippen LogP) is 5.94. The van der Waals surface area contributed by atoms with Crippen LogP contribution in [0, 0.1) is 13.8 Å². The summed E-state index contributed by atoms with van der Waals surface area (Å²) < 4.78 is 16.7. The number of carbonyl (C=O) groups excluding carboxylic acids is 1. The molecule has 2 aromatic heterocycles. The number of thiazole rings is 1. The van der Waals surface area contributed by atoms with Gasteiger partial charge in [0.15, 0.2) is 4.80 Å². The first-order valence-corrected chi connectivity index (χ1v) is 15.3. The van der Waals surface area contributed by atoms with Crippen molar-refractivity contribution in [2.75, 3.05) is 7.11 Å². The molecule has 3 heterocycles. The Morgan fingerprint density at radius 2 is 1.95 bits per heavy atom. The highest BCUT2D eigenvalue weighted by molar-refractivity contribution is 9.10. The smallest absolute Gasteiger partial charge is 0.338 e.